The Morgan fingerprint density at radius 2 is 1.06 bits per heavy atom. The summed E-state index contributed by atoms with van der Waals surface area (Å²) in [5, 5.41) is 0. The molecule has 0 amide bonds. The smallest absolute Gasteiger partial charge is 0.337 e. The highest BCUT2D eigenvalue weighted by Gasteiger charge is 2.38. The van der Waals surface area contributed by atoms with E-state index in [2.05, 4.69) is 41.5 Å². The Bertz CT molecular complexity index is 192. The molecule has 0 fully saturated rings. The second kappa shape index (κ2) is 9.29. The summed E-state index contributed by atoms with van der Waals surface area (Å²) >= 11 is 0. The van der Waals surface area contributed by atoms with Gasteiger partial charge in [-0.1, -0.05) is 51.9 Å². The Morgan fingerprint density at radius 1 is 0.611 bits per heavy atom. The van der Waals surface area contributed by atoms with Gasteiger partial charge in [-0.2, -0.15) is 0 Å². The van der Waals surface area contributed by atoms with Crippen LogP contribution in [0.5, 0.6) is 0 Å². The molecule has 0 aliphatic carbocycles. The predicted molar refractivity (Wildman–Crippen MR) is 86.3 cm³/mol. The van der Waals surface area contributed by atoms with Gasteiger partial charge < -0.3 is 8.85 Å². The van der Waals surface area contributed by atoms with E-state index in [1.807, 2.05) is 0 Å². The Labute approximate surface area is 117 Å². The van der Waals surface area contributed by atoms with Crippen LogP contribution in [0.4, 0.5) is 0 Å². The first-order chi connectivity index (χ1) is 8.57. The van der Waals surface area contributed by atoms with Crippen molar-refractivity contribution < 1.29 is 8.85 Å². The highest BCUT2D eigenvalue weighted by molar-refractivity contribution is 6.81. The second-order valence-corrected chi connectivity index (χ2v) is 14.4. The van der Waals surface area contributed by atoms with Crippen LogP contribution < -0.4 is 0 Å². The van der Waals surface area contributed by atoms with E-state index < -0.39 is 16.6 Å². The SMILES string of the molecule is CCO[Si](CC)(CC[Si](CC)(CC)CC)OCC. The maximum atomic E-state index is 6.09. The summed E-state index contributed by atoms with van der Waals surface area (Å²) in [6.45, 7) is 15.2. The van der Waals surface area contributed by atoms with Crippen LogP contribution in [-0.4, -0.2) is 29.8 Å². The molecule has 0 rings (SSSR count). The van der Waals surface area contributed by atoms with E-state index in [0.717, 1.165) is 19.3 Å². The summed E-state index contributed by atoms with van der Waals surface area (Å²) in [5.41, 5.74) is 0. The van der Waals surface area contributed by atoms with Crippen LogP contribution in [0.2, 0.25) is 36.3 Å². The zero-order valence-electron chi connectivity index (χ0n) is 13.5. The van der Waals surface area contributed by atoms with Crippen molar-refractivity contribution in [1.82, 2.24) is 0 Å². The fourth-order valence-corrected chi connectivity index (χ4v) is 11.2. The summed E-state index contributed by atoms with van der Waals surface area (Å²) in [4.78, 5) is 0. The van der Waals surface area contributed by atoms with E-state index in [9.17, 15) is 0 Å². The van der Waals surface area contributed by atoms with Crippen molar-refractivity contribution in [3.05, 3.63) is 0 Å². The fourth-order valence-electron chi connectivity index (χ4n) is 2.83. The summed E-state index contributed by atoms with van der Waals surface area (Å²) in [6.07, 6.45) is 0. The average molecular weight is 291 g/mol. The highest BCUT2D eigenvalue weighted by atomic mass is 28.4. The molecule has 0 saturated heterocycles. The van der Waals surface area contributed by atoms with Gasteiger partial charge in [0, 0.05) is 13.2 Å². The molecule has 110 valence electrons. The second-order valence-electron chi connectivity index (χ2n) is 5.19. The van der Waals surface area contributed by atoms with Crippen molar-refractivity contribution in [3.8, 4) is 0 Å². The first-order valence-electron chi connectivity index (χ1n) is 7.85. The predicted octanol–water partition coefficient (Wildman–Crippen LogP) is 5.03. The van der Waals surface area contributed by atoms with Gasteiger partial charge in [0.1, 0.15) is 0 Å². The maximum absolute atomic E-state index is 6.09. The first-order valence-corrected chi connectivity index (χ1v) is 12.9. The Morgan fingerprint density at radius 3 is 1.33 bits per heavy atom. The maximum Gasteiger partial charge on any atom is 0.337 e. The van der Waals surface area contributed by atoms with Crippen LogP contribution in [-0.2, 0) is 8.85 Å². The van der Waals surface area contributed by atoms with Crippen LogP contribution in [0.3, 0.4) is 0 Å². The third-order valence-electron chi connectivity index (χ3n) is 4.64. The molecule has 18 heavy (non-hydrogen) atoms. The van der Waals surface area contributed by atoms with Crippen LogP contribution in [0.15, 0.2) is 0 Å². The van der Waals surface area contributed by atoms with Crippen molar-refractivity contribution in [2.45, 2.75) is 77.8 Å². The van der Waals surface area contributed by atoms with Gasteiger partial charge in [0.2, 0.25) is 0 Å². The van der Waals surface area contributed by atoms with Crippen LogP contribution >= 0.6 is 0 Å². The van der Waals surface area contributed by atoms with Gasteiger partial charge >= 0.3 is 8.56 Å². The lowest BCUT2D eigenvalue weighted by Gasteiger charge is -2.34. The number of hydrogen-bond donors (Lipinski definition) is 0. The minimum atomic E-state index is -1.89. The van der Waals surface area contributed by atoms with Crippen molar-refractivity contribution >= 4 is 16.6 Å². The molecule has 0 radical (unpaired) electrons. The molecule has 0 bridgehead atoms. The van der Waals surface area contributed by atoms with Crippen LogP contribution in [0.1, 0.15) is 41.5 Å². The van der Waals surface area contributed by atoms with Gasteiger partial charge in [-0.25, -0.2) is 0 Å². The van der Waals surface area contributed by atoms with Crippen LogP contribution in [0, 0.1) is 0 Å². The van der Waals surface area contributed by atoms with Crippen molar-refractivity contribution in [2.24, 2.45) is 0 Å². The van der Waals surface area contributed by atoms with E-state index in [0.29, 0.717) is 0 Å². The summed E-state index contributed by atoms with van der Waals surface area (Å²) in [6, 6.07) is 7.94. The van der Waals surface area contributed by atoms with E-state index in [-0.39, 0.29) is 0 Å². The lowest BCUT2D eigenvalue weighted by atomic mass is 10.9. The molecule has 0 heterocycles. The Hall–Kier alpha value is 0.354. The highest BCUT2D eigenvalue weighted by Crippen LogP contribution is 2.32. The molecule has 0 aromatic rings. The quantitative estimate of drug-likeness (QED) is 0.497. The average Bonchev–Trinajstić information content (AvgIpc) is 2.41. The standard InChI is InChI=1S/C14H34O2Si2/c1-7-15-18(12-6,16-8-2)14-13-17(9-3,10-4)11-5/h7-14H2,1-6H3. The third kappa shape index (κ3) is 5.15. The molecule has 4 heteroatoms. The number of hydrogen-bond acceptors (Lipinski definition) is 2. The first kappa shape index (κ1) is 18.4. The minimum Gasteiger partial charge on any atom is -0.395 e. The zero-order valence-corrected chi connectivity index (χ0v) is 15.5. The lowest BCUT2D eigenvalue weighted by molar-refractivity contribution is 0.184. The Balaban J connectivity index is 4.66. The molecule has 0 saturated carbocycles. The van der Waals surface area contributed by atoms with Gasteiger partial charge in [-0.15, -0.1) is 0 Å². The van der Waals surface area contributed by atoms with Crippen molar-refractivity contribution in [3.63, 3.8) is 0 Å². The van der Waals surface area contributed by atoms with Gasteiger partial charge in [-0.3, -0.25) is 0 Å². The van der Waals surface area contributed by atoms with Gasteiger partial charge in [0.05, 0.1) is 8.07 Å². The van der Waals surface area contributed by atoms with Gasteiger partial charge in [-0.05, 0) is 25.9 Å². The van der Waals surface area contributed by atoms with E-state index in [1.165, 1.54) is 30.2 Å². The van der Waals surface area contributed by atoms with E-state index in [4.69, 9.17) is 8.85 Å². The Kier molecular flexibility index (Phi) is 9.47. The summed E-state index contributed by atoms with van der Waals surface area (Å²) < 4.78 is 12.2. The lowest BCUT2D eigenvalue weighted by Crippen LogP contribution is -2.44. The number of rotatable bonds is 11. The molecular weight excluding hydrogens is 256 g/mol. The molecule has 0 atom stereocenters. The topological polar surface area (TPSA) is 18.5 Å². The summed E-state index contributed by atoms with van der Waals surface area (Å²) in [5.74, 6) is 0. The van der Waals surface area contributed by atoms with Crippen LogP contribution in [0.25, 0.3) is 0 Å². The zero-order chi connectivity index (χ0) is 14.1. The molecule has 0 aliphatic rings. The normalized spacial score (nSPS) is 13.0. The van der Waals surface area contributed by atoms with Crippen molar-refractivity contribution in [1.29, 1.82) is 0 Å². The van der Waals surface area contributed by atoms with Gasteiger partial charge in [0.25, 0.3) is 0 Å². The molecule has 0 aliphatic heterocycles. The van der Waals surface area contributed by atoms with Crippen molar-refractivity contribution in [2.75, 3.05) is 13.2 Å². The molecule has 0 aromatic heterocycles. The van der Waals surface area contributed by atoms with E-state index in [1.54, 1.807) is 0 Å². The molecule has 0 unspecified atom stereocenters. The van der Waals surface area contributed by atoms with Gasteiger partial charge in [0.15, 0.2) is 0 Å². The summed E-state index contributed by atoms with van der Waals surface area (Å²) in [7, 11) is -2.92. The minimum absolute atomic E-state index is 0.805. The fraction of sp³-hybridized carbons (Fsp3) is 1.00. The molecule has 0 aromatic carbocycles. The van der Waals surface area contributed by atoms with E-state index >= 15 is 0 Å². The third-order valence-corrected chi connectivity index (χ3v) is 14.7. The molecule has 0 spiro atoms. The molecule has 2 nitrogen and oxygen atoms in total. The molecular formula is C14H34O2Si2. The monoisotopic (exact) mass is 290 g/mol. The molecule has 0 N–H and O–H groups in total. The largest absolute Gasteiger partial charge is 0.395 e.